The van der Waals surface area contributed by atoms with E-state index in [4.69, 9.17) is 11.6 Å². The molecule has 0 spiro atoms. The molecule has 24 heavy (non-hydrogen) atoms. The van der Waals surface area contributed by atoms with Gasteiger partial charge in [-0.1, -0.05) is 35.0 Å². The van der Waals surface area contributed by atoms with Crippen LogP contribution in [0, 0.1) is 19.7 Å². The number of benzene rings is 2. The zero-order valence-electron chi connectivity index (χ0n) is 13.0. The summed E-state index contributed by atoms with van der Waals surface area (Å²) < 4.78 is 15.2. The van der Waals surface area contributed by atoms with Crippen molar-refractivity contribution in [2.75, 3.05) is 5.32 Å². The number of anilines is 1. The van der Waals surface area contributed by atoms with Gasteiger partial charge in [-0.3, -0.25) is 4.79 Å². The van der Waals surface area contributed by atoms with E-state index in [1.165, 1.54) is 10.7 Å². The van der Waals surface area contributed by atoms with Crippen LogP contribution in [-0.2, 0) is 0 Å². The lowest BCUT2D eigenvalue weighted by Crippen LogP contribution is -2.15. The Morgan fingerprint density at radius 2 is 1.96 bits per heavy atom. The van der Waals surface area contributed by atoms with Gasteiger partial charge in [0.15, 0.2) is 5.69 Å². The molecule has 0 aliphatic heterocycles. The van der Waals surface area contributed by atoms with Gasteiger partial charge in [-0.25, -0.2) is 9.07 Å². The summed E-state index contributed by atoms with van der Waals surface area (Å²) in [7, 11) is 0. The number of aromatic nitrogens is 3. The number of nitrogens with one attached hydrogen (secondary N) is 1. The Kier molecular flexibility index (Phi) is 4.31. The first-order valence-electron chi connectivity index (χ1n) is 7.22. The number of rotatable bonds is 3. The standard InChI is InChI=1S/C17H14ClFN4O/c1-10-7-8-12(18)9-14(10)20-17(24)16-11(2)23(22-21-16)15-6-4-3-5-13(15)19/h3-9H,1-2H3,(H,20,24). The van der Waals surface area contributed by atoms with Crippen LogP contribution in [0.1, 0.15) is 21.7 Å². The largest absolute Gasteiger partial charge is 0.320 e. The van der Waals surface area contributed by atoms with Gasteiger partial charge in [-0.05, 0) is 43.7 Å². The number of amides is 1. The molecular weight excluding hydrogens is 331 g/mol. The maximum absolute atomic E-state index is 13.9. The average molecular weight is 345 g/mol. The second-order valence-electron chi connectivity index (χ2n) is 5.30. The normalized spacial score (nSPS) is 10.7. The van der Waals surface area contributed by atoms with Gasteiger partial charge in [0, 0.05) is 10.7 Å². The van der Waals surface area contributed by atoms with Crippen molar-refractivity contribution < 1.29 is 9.18 Å². The van der Waals surface area contributed by atoms with Crippen LogP contribution in [0.3, 0.4) is 0 Å². The topological polar surface area (TPSA) is 59.8 Å². The Balaban J connectivity index is 1.92. The molecule has 3 rings (SSSR count). The number of para-hydroxylation sites is 1. The highest BCUT2D eigenvalue weighted by molar-refractivity contribution is 6.31. The zero-order chi connectivity index (χ0) is 17.3. The van der Waals surface area contributed by atoms with E-state index in [1.807, 2.05) is 6.92 Å². The van der Waals surface area contributed by atoms with Gasteiger partial charge in [0.05, 0.1) is 5.69 Å². The molecule has 3 aromatic rings. The second-order valence-corrected chi connectivity index (χ2v) is 5.74. The quantitative estimate of drug-likeness (QED) is 0.783. The summed E-state index contributed by atoms with van der Waals surface area (Å²) in [5, 5.41) is 11.0. The van der Waals surface area contributed by atoms with E-state index < -0.39 is 11.7 Å². The van der Waals surface area contributed by atoms with E-state index in [0.29, 0.717) is 16.4 Å². The first-order chi connectivity index (χ1) is 11.5. The monoisotopic (exact) mass is 344 g/mol. The van der Waals surface area contributed by atoms with Gasteiger partial charge in [-0.15, -0.1) is 5.10 Å². The smallest absolute Gasteiger partial charge is 0.278 e. The molecule has 5 nitrogen and oxygen atoms in total. The predicted octanol–water partition coefficient (Wildman–Crippen LogP) is 3.93. The maximum Gasteiger partial charge on any atom is 0.278 e. The Hall–Kier alpha value is -2.73. The number of nitrogens with zero attached hydrogens (tertiary/aromatic N) is 3. The summed E-state index contributed by atoms with van der Waals surface area (Å²) in [6.45, 7) is 3.52. The lowest BCUT2D eigenvalue weighted by Gasteiger charge is -2.08. The molecule has 0 atom stereocenters. The van der Waals surface area contributed by atoms with E-state index in [2.05, 4.69) is 15.6 Å². The van der Waals surface area contributed by atoms with Crippen molar-refractivity contribution >= 4 is 23.2 Å². The fraction of sp³-hybridized carbons (Fsp3) is 0.118. The maximum atomic E-state index is 13.9. The van der Waals surface area contributed by atoms with Crippen LogP contribution in [-0.4, -0.2) is 20.9 Å². The summed E-state index contributed by atoms with van der Waals surface area (Å²) in [6, 6.07) is 11.4. The third-order valence-corrected chi connectivity index (χ3v) is 3.87. The molecular formula is C17H14ClFN4O. The molecule has 2 aromatic carbocycles. The van der Waals surface area contributed by atoms with Crippen molar-refractivity contribution in [1.29, 1.82) is 0 Å². The van der Waals surface area contributed by atoms with Crippen molar-refractivity contribution in [1.82, 2.24) is 15.0 Å². The molecule has 0 aliphatic carbocycles. The van der Waals surface area contributed by atoms with Crippen LogP contribution in [0.5, 0.6) is 0 Å². The molecule has 0 unspecified atom stereocenters. The van der Waals surface area contributed by atoms with Crippen molar-refractivity contribution in [2.45, 2.75) is 13.8 Å². The van der Waals surface area contributed by atoms with Crippen LogP contribution in [0.4, 0.5) is 10.1 Å². The Morgan fingerprint density at radius 1 is 1.21 bits per heavy atom. The summed E-state index contributed by atoms with van der Waals surface area (Å²) in [6.07, 6.45) is 0. The Bertz CT molecular complexity index is 923. The molecule has 0 radical (unpaired) electrons. The minimum atomic E-state index is -0.442. The molecule has 1 aromatic heterocycles. The SMILES string of the molecule is Cc1ccc(Cl)cc1NC(=O)c1nnn(-c2ccccc2F)c1C. The Morgan fingerprint density at radius 3 is 2.71 bits per heavy atom. The van der Waals surface area contributed by atoms with E-state index in [1.54, 1.807) is 43.3 Å². The van der Waals surface area contributed by atoms with Gasteiger partial charge in [0.2, 0.25) is 0 Å². The average Bonchev–Trinajstić information content (AvgIpc) is 2.93. The van der Waals surface area contributed by atoms with Crippen LogP contribution < -0.4 is 5.32 Å². The number of carbonyl (C=O) groups excluding carboxylic acids is 1. The molecule has 1 amide bonds. The summed E-state index contributed by atoms with van der Waals surface area (Å²) in [4.78, 5) is 12.5. The zero-order valence-corrected chi connectivity index (χ0v) is 13.8. The number of hydrogen-bond donors (Lipinski definition) is 1. The third-order valence-electron chi connectivity index (χ3n) is 3.64. The van der Waals surface area contributed by atoms with Gasteiger partial charge in [0.1, 0.15) is 11.5 Å². The van der Waals surface area contributed by atoms with E-state index in [-0.39, 0.29) is 11.4 Å². The molecule has 0 saturated heterocycles. The Labute approximate surface area is 143 Å². The van der Waals surface area contributed by atoms with Crippen LogP contribution in [0.25, 0.3) is 5.69 Å². The first kappa shape index (κ1) is 16.1. The van der Waals surface area contributed by atoms with Crippen molar-refractivity contribution in [3.8, 4) is 5.69 Å². The summed E-state index contributed by atoms with van der Waals surface area (Å²) in [5.74, 6) is -0.872. The van der Waals surface area contributed by atoms with E-state index in [9.17, 15) is 9.18 Å². The molecule has 122 valence electrons. The van der Waals surface area contributed by atoms with Crippen molar-refractivity contribution in [2.24, 2.45) is 0 Å². The third kappa shape index (κ3) is 3.00. The number of carbonyl (C=O) groups is 1. The summed E-state index contributed by atoms with van der Waals surface area (Å²) in [5.41, 5.74) is 2.26. The lowest BCUT2D eigenvalue weighted by molar-refractivity contribution is 0.102. The fourth-order valence-electron chi connectivity index (χ4n) is 2.30. The molecule has 7 heteroatoms. The first-order valence-corrected chi connectivity index (χ1v) is 7.60. The fourth-order valence-corrected chi connectivity index (χ4v) is 2.47. The molecule has 0 fully saturated rings. The number of hydrogen-bond acceptors (Lipinski definition) is 3. The number of aryl methyl sites for hydroxylation is 1. The van der Waals surface area contributed by atoms with Gasteiger partial charge >= 0.3 is 0 Å². The highest BCUT2D eigenvalue weighted by atomic mass is 35.5. The van der Waals surface area contributed by atoms with Crippen molar-refractivity contribution in [3.05, 3.63) is 70.3 Å². The van der Waals surface area contributed by atoms with Gasteiger partial charge < -0.3 is 5.32 Å². The molecule has 1 N–H and O–H groups in total. The van der Waals surface area contributed by atoms with E-state index in [0.717, 1.165) is 5.56 Å². The lowest BCUT2D eigenvalue weighted by atomic mass is 10.2. The van der Waals surface area contributed by atoms with Crippen LogP contribution in [0.2, 0.25) is 5.02 Å². The van der Waals surface area contributed by atoms with Crippen LogP contribution in [0.15, 0.2) is 42.5 Å². The van der Waals surface area contributed by atoms with Gasteiger partial charge in [-0.2, -0.15) is 0 Å². The summed E-state index contributed by atoms with van der Waals surface area (Å²) >= 11 is 5.95. The molecule has 0 bridgehead atoms. The van der Waals surface area contributed by atoms with E-state index >= 15 is 0 Å². The number of halogens is 2. The molecule has 1 heterocycles. The molecule has 0 saturated carbocycles. The highest BCUT2D eigenvalue weighted by Crippen LogP contribution is 2.21. The highest BCUT2D eigenvalue weighted by Gasteiger charge is 2.19. The van der Waals surface area contributed by atoms with Crippen LogP contribution >= 0.6 is 11.6 Å². The minimum Gasteiger partial charge on any atom is -0.320 e. The van der Waals surface area contributed by atoms with Gasteiger partial charge in [0.25, 0.3) is 5.91 Å². The minimum absolute atomic E-state index is 0.123. The second kappa shape index (κ2) is 6.41. The van der Waals surface area contributed by atoms with Crippen molar-refractivity contribution in [3.63, 3.8) is 0 Å². The predicted molar refractivity (Wildman–Crippen MR) is 90.2 cm³/mol. The molecule has 0 aliphatic rings.